The quantitative estimate of drug-likeness (QED) is 0.284. The highest BCUT2D eigenvalue weighted by molar-refractivity contribution is 7.80. The second-order valence-electron chi connectivity index (χ2n) is 9.17. The van der Waals surface area contributed by atoms with Crippen LogP contribution in [0.2, 0.25) is 0 Å². The molecule has 4 rings (SSSR count). The topological polar surface area (TPSA) is 69.3 Å². The molecule has 0 radical (unpaired) electrons. The highest BCUT2D eigenvalue weighted by Crippen LogP contribution is 2.39. The van der Waals surface area contributed by atoms with E-state index in [1.54, 1.807) is 45.4 Å². The molecule has 0 aromatic heterocycles. The van der Waals surface area contributed by atoms with Crippen LogP contribution < -0.4 is 19.5 Å². The third kappa shape index (κ3) is 6.02. The van der Waals surface area contributed by atoms with Gasteiger partial charge >= 0.3 is 5.97 Å². The lowest BCUT2D eigenvalue weighted by molar-refractivity contribution is 0.0526. The fourth-order valence-corrected chi connectivity index (χ4v) is 5.00. The molecule has 1 aliphatic heterocycles. The van der Waals surface area contributed by atoms with Gasteiger partial charge in [-0.2, -0.15) is 0 Å². The number of carbonyl (C=O) groups excluding carboxylic acids is 1. The van der Waals surface area contributed by atoms with E-state index in [4.69, 9.17) is 31.2 Å². The molecular formula is C30H34N2O5S. The van der Waals surface area contributed by atoms with Gasteiger partial charge in [0, 0.05) is 12.2 Å². The number of rotatable bonds is 8. The summed E-state index contributed by atoms with van der Waals surface area (Å²) in [5.74, 6) is 1.66. The number of aryl methyl sites for hydroxylation is 2. The number of thiocarbonyl (C=S) groups is 1. The maximum absolute atomic E-state index is 12.0. The van der Waals surface area contributed by atoms with E-state index in [1.165, 1.54) is 11.1 Å². The second kappa shape index (κ2) is 12.2. The van der Waals surface area contributed by atoms with Crippen molar-refractivity contribution in [2.75, 3.05) is 39.3 Å². The van der Waals surface area contributed by atoms with Crippen LogP contribution in [0.5, 0.6) is 17.2 Å². The molecule has 8 heteroatoms. The first-order valence-corrected chi connectivity index (χ1v) is 13.0. The van der Waals surface area contributed by atoms with Gasteiger partial charge in [0.1, 0.15) is 12.4 Å². The second-order valence-corrected chi connectivity index (χ2v) is 9.56. The molecule has 0 unspecified atom stereocenters. The normalized spacial score (nSPS) is 14.3. The van der Waals surface area contributed by atoms with Gasteiger partial charge in [-0.15, -0.1) is 0 Å². The number of hydrogen-bond donors (Lipinski definition) is 1. The number of carbonyl (C=O) groups is 1. The van der Waals surface area contributed by atoms with Crippen LogP contribution in [0, 0.1) is 13.8 Å². The van der Waals surface area contributed by atoms with Crippen molar-refractivity contribution in [2.45, 2.75) is 33.2 Å². The standard InChI is InChI=1S/C30H34N2O5S/c1-6-36-29(33)21-8-10-23(11-9-21)37-18-26-24-17-28(35-5)27(34-4)16-22(24)13-14-32(26)30(38)31-25-12-7-19(2)15-20(25)3/h7-12,15-17,26H,6,13-14,18H2,1-5H3,(H,31,38)/t26-/m1/s1. The molecule has 3 aromatic rings. The van der Waals surface area contributed by atoms with Gasteiger partial charge in [0.15, 0.2) is 16.6 Å². The number of hydrogen-bond acceptors (Lipinski definition) is 6. The van der Waals surface area contributed by atoms with Gasteiger partial charge < -0.3 is 29.2 Å². The Morgan fingerprint density at radius 1 is 1.03 bits per heavy atom. The van der Waals surface area contributed by atoms with E-state index in [0.717, 1.165) is 29.8 Å². The van der Waals surface area contributed by atoms with Crippen LogP contribution in [0.3, 0.4) is 0 Å². The van der Waals surface area contributed by atoms with Gasteiger partial charge in [0.2, 0.25) is 0 Å². The van der Waals surface area contributed by atoms with E-state index in [-0.39, 0.29) is 12.0 Å². The molecule has 3 aromatic carbocycles. The van der Waals surface area contributed by atoms with Crippen LogP contribution in [0.1, 0.15) is 45.6 Å². The average molecular weight is 535 g/mol. The van der Waals surface area contributed by atoms with Crippen molar-refractivity contribution in [1.82, 2.24) is 4.90 Å². The van der Waals surface area contributed by atoms with Gasteiger partial charge in [-0.25, -0.2) is 4.79 Å². The van der Waals surface area contributed by atoms with Crippen molar-refractivity contribution in [3.05, 3.63) is 82.4 Å². The maximum Gasteiger partial charge on any atom is 0.338 e. The summed E-state index contributed by atoms with van der Waals surface area (Å²) in [5, 5.41) is 4.07. The molecule has 38 heavy (non-hydrogen) atoms. The van der Waals surface area contributed by atoms with E-state index < -0.39 is 0 Å². The lowest BCUT2D eigenvalue weighted by atomic mass is 9.92. The molecule has 0 saturated heterocycles. The summed E-state index contributed by atoms with van der Waals surface area (Å²) in [7, 11) is 3.27. The third-order valence-electron chi connectivity index (χ3n) is 6.66. The molecule has 7 nitrogen and oxygen atoms in total. The fourth-order valence-electron chi connectivity index (χ4n) is 4.67. The number of anilines is 1. The third-order valence-corrected chi connectivity index (χ3v) is 7.00. The number of nitrogens with one attached hydrogen (secondary N) is 1. The predicted molar refractivity (Wildman–Crippen MR) is 153 cm³/mol. The molecule has 0 saturated carbocycles. The monoisotopic (exact) mass is 534 g/mol. The molecule has 0 bridgehead atoms. The summed E-state index contributed by atoms with van der Waals surface area (Å²) in [6, 6.07) is 17.1. The number of benzene rings is 3. The summed E-state index contributed by atoms with van der Waals surface area (Å²) in [6.45, 7) is 7.32. The molecule has 0 fully saturated rings. The number of nitrogens with zero attached hydrogens (tertiary/aromatic N) is 1. The van der Waals surface area contributed by atoms with Crippen LogP contribution >= 0.6 is 12.2 Å². The van der Waals surface area contributed by atoms with Crippen molar-refractivity contribution >= 4 is 29.0 Å². The molecule has 1 N–H and O–H groups in total. The Balaban J connectivity index is 1.61. The highest BCUT2D eigenvalue weighted by atomic mass is 32.1. The van der Waals surface area contributed by atoms with Gasteiger partial charge in [-0.3, -0.25) is 0 Å². The number of fused-ring (bicyclic) bond motifs is 1. The van der Waals surface area contributed by atoms with E-state index in [9.17, 15) is 4.79 Å². The minimum absolute atomic E-state index is 0.172. The van der Waals surface area contributed by atoms with Gasteiger partial charge in [-0.05, 0) is 98.6 Å². The first-order valence-electron chi connectivity index (χ1n) is 12.6. The zero-order valence-electron chi connectivity index (χ0n) is 22.5. The Hall–Kier alpha value is -3.78. The lowest BCUT2D eigenvalue weighted by Crippen LogP contribution is -2.44. The molecule has 0 amide bonds. The van der Waals surface area contributed by atoms with Gasteiger partial charge in [0.05, 0.1) is 32.4 Å². The molecule has 0 aliphatic carbocycles. The smallest absolute Gasteiger partial charge is 0.338 e. The molecule has 0 spiro atoms. The maximum atomic E-state index is 12.0. The molecule has 200 valence electrons. The minimum atomic E-state index is -0.352. The van der Waals surface area contributed by atoms with Crippen LogP contribution in [-0.2, 0) is 11.2 Å². The van der Waals surface area contributed by atoms with Crippen LogP contribution in [0.25, 0.3) is 0 Å². The SMILES string of the molecule is CCOC(=O)c1ccc(OC[C@@H]2c3cc(OC)c(OC)cc3CCN2C(=S)Nc2ccc(C)cc2C)cc1. The van der Waals surface area contributed by atoms with Crippen molar-refractivity contribution in [3.8, 4) is 17.2 Å². The van der Waals surface area contributed by atoms with Crippen LogP contribution in [0.15, 0.2) is 54.6 Å². The Bertz CT molecular complexity index is 1310. The summed E-state index contributed by atoms with van der Waals surface area (Å²) in [4.78, 5) is 14.2. The van der Waals surface area contributed by atoms with Crippen molar-refractivity contribution in [1.29, 1.82) is 0 Å². The fraction of sp³-hybridized carbons (Fsp3) is 0.333. The van der Waals surface area contributed by atoms with E-state index in [0.29, 0.717) is 41.1 Å². The zero-order chi connectivity index (χ0) is 27.2. The van der Waals surface area contributed by atoms with E-state index in [2.05, 4.69) is 42.3 Å². The summed E-state index contributed by atoms with van der Waals surface area (Å²) < 4.78 is 22.5. The molecule has 1 aliphatic rings. The van der Waals surface area contributed by atoms with Crippen LogP contribution in [-0.4, -0.2) is 50.0 Å². The summed E-state index contributed by atoms with van der Waals surface area (Å²) >= 11 is 5.92. The molecule has 1 atom stereocenters. The predicted octanol–water partition coefficient (Wildman–Crippen LogP) is 5.87. The van der Waals surface area contributed by atoms with Crippen molar-refractivity contribution < 1.29 is 23.7 Å². The van der Waals surface area contributed by atoms with Gasteiger partial charge in [-0.1, -0.05) is 17.7 Å². The average Bonchev–Trinajstić information content (AvgIpc) is 2.92. The van der Waals surface area contributed by atoms with E-state index in [1.807, 2.05) is 12.1 Å². The van der Waals surface area contributed by atoms with Crippen molar-refractivity contribution in [2.24, 2.45) is 0 Å². The first kappa shape index (κ1) is 27.3. The van der Waals surface area contributed by atoms with Crippen molar-refractivity contribution in [3.63, 3.8) is 0 Å². The van der Waals surface area contributed by atoms with E-state index >= 15 is 0 Å². The Morgan fingerprint density at radius 2 is 1.74 bits per heavy atom. The molecule has 1 heterocycles. The largest absolute Gasteiger partial charge is 0.493 e. The number of esters is 1. The first-order chi connectivity index (χ1) is 18.3. The highest BCUT2D eigenvalue weighted by Gasteiger charge is 2.31. The lowest BCUT2D eigenvalue weighted by Gasteiger charge is -2.39. The van der Waals surface area contributed by atoms with Gasteiger partial charge in [0.25, 0.3) is 0 Å². The Morgan fingerprint density at radius 3 is 2.39 bits per heavy atom. The van der Waals surface area contributed by atoms with Crippen LogP contribution in [0.4, 0.5) is 5.69 Å². The molecular weight excluding hydrogens is 500 g/mol. The summed E-state index contributed by atoms with van der Waals surface area (Å²) in [6.07, 6.45) is 0.801. The zero-order valence-corrected chi connectivity index (χ0v) is 23.3. The number of methoxy groups -OCH3 is 2. The number of ether oxygens (including phenoxy) is 4. The Kier molecular flexibility index (Phi) is 8.73. The Labute approximate surface area is 229 Å². The summed E-state index contributed by atoms with van der Waals surface area (Å²) in [5.41, 5.74) is 6.03. The minimum Gasteiger partial charge on any atom is -0.493 e.